The Balaban J connectivity index is 1.63. The number of fused-ring (bicyclic) bond motifs is 1. The van der Waals surface area contributed by atoms with Crippen LogP contribution in [0.1, 0.15) is 64.8 Å². The first kappa shape index (κ1) is 27.2. The molecule has 0 radical (unpaired) electrons. The summed E-state index contributed by atoms with van der Waals surface area (Å²) in [5.74, 6) is -5.23. The van der Waals surface area contributed by atoms with E-state index in [0.717, 1.165) is 0 Å². The number of alkyl halides is 3. The zero-order valence-corrected chi connectivity index (χ0v) is 19.7. The summed E-state index contributed by atoms with van der Waals surface area (Å²) in [5, 5.41) is 8.90. The molecule has 3 amide bonds. The van der Waals surface area contributed by atoms with Gasteiger partial charge in [0.2, 0.25) is 11.8 Å². The molecule has 1 aromatic carbocycles. The molecule has 1 heterocycles. The van der Waals surface area contributed by atoms with Crippen molar-refractivity contribution in [3.63, 3.8) is 0 Å². The van der Waals surface area contributed by atoms with Gasteiger partial charge in [-0.15, -0.1) is 0 Å². The summed E-state index contributed by atoms with van der Waals surface area (Å²) in [6.45, 7) is -0.309. The molecular formula is C24H28F3N3O6. The second kappa shape index (κ2) is 10.7. The van der Waals surface area contributed by atoms with Crippen LogP contribution in [0.2, 0.25) is 0 Å². The lowest BCUT2D eigenvalue weighted by atomic mass is 9.81. The minimum Gasteiger partial charge on any atom is -0.481 e. The number of ketones is 1. The number of nitrogens with two attached hydrogens (primary N) is 1. The largest absolute Gasteiger partial charge is 0.481 e. The number of likely N-dealkylation sites (N-methyl/N-ethyl adjacent to an activating group) is 1. The molecule has 1 aromatic rings. The van der Waals surface area contributed by atoms with Gasteiger partial charge in [-0.05, 0) is 49.8 Å². The Morgan fingerprint density at radius 1 is 1.17 bits per heavy atom. The van der Waals surface area contributed by atoms with E-state index in [4.69, 9.17) is 10.8 Å². The molecular weight excluding hydrogens is 483 g/mol. The summed E-state index contributed by atoms with van der Waals surface area (Å²) in [4.78, 5) is 63.4. The average Bonchev–Trinajstić information content (AvgIpc) is 3.13. The number of carboxylic acids is 1. The van der Waals surface area contributed by atoms with Crippen molar-refractivity contribution >= 4 is 29.5 Å². The molecule has 0 bridgehead atoms. The molecule has 1 unspecified atom stereocenters. The van der Waals surface area contributed by atoms with Crippen LogP contribution in [-0.4, -0.2) is 70.2 Å². The highest BCUT2D eigenvalue weighted by Crippen LogP contribution is 2.40. The van der Waals surface area contributed by atoms with E-state index in [1.165, 1.54) is 35.0 Å². The topological polar surface area (TPSA) is 138 Å². The predicted octanol–water partition coefficient (Wildman–Crippen LogP) is 2.37. The molecule has 1 saturated carbocycles. The maximum absolute atomic E-state index is 12.9. The van der Waals surface area contributed by atoms with E-state index >= 15 is 0 Å². The second-order valence-electron chi connectivity index (χ2n) is 9.36. The van der Waals surface area contributed by atoms with Gasteiger partial charge < -0.3 is 20.6 Å². The molecule has 0 saturated heterocycles. The van der Waals surface area contributed by atoms with Crippen molar-refractivity contribution in [3.05, 3.63) is 34.9 Å². The third-order valence-corrected chi connectivity index (χ3v) is 6.89. The van der Waals surface area contributed by atoms with Crippen LogP contribution in [0.5, 0.6) is 0 Å². The van der Waals surface area contributed by atoms with Crippen LogP contribution < -0.4 is 5.73 Å². The number of Topliss-reactive ketones (excluding diaryl/α,β-unsaturated/α-hetero) is 1. The zero-order valence-electron chi connectivity index (χ0n) is 19.7. The van der Waals surface area contributed by atoms with Crippen LogP contribution in [0.4, 0.5) is 13.2 Å². The number of hydrogen-bond donors (Lipinski definition) is 2. The molecule has 3 rings (SSSR count). The number of hydrogen-bond acceptors (Lipinski definition) is 5. The van der Waals surface area contributed by atoms with Gasteiger partial charge in [0.25, 0.3) is 5.91 Å². The molecule has 36 heavy (non-hydrogen) atoms. The summed E-state index contributed by atoms with van der Waals surface area (Å²) in [6, 6.07) is 3.22. The molecule has 196 valence electrons. The lowest BCUT2D eigenvalue weighted by molar-refractivity contribution is -0.185. The minimum atomic E-state index is -4.27. The number of amides is 3. The molecule has 1 aliphatic heterocycles. The van der Waals surface area contributed by atoms with Crippen molar-refractivity contribution in [2.75, 3.05) is 13.6 Å². The van der Waals surface area contributed by atoms with Gasteiger partial charge in [0.15, 0.2) is 5.78 Å². The van der Waals surface area contributed by atoms with Crippen molar-refractivity contribution in [2.24, 2.45) is 17.6 Å². The molecule has 2 aliphatic rings. The average molecular weight is 511 g/mol. The van der Waals surface area contributed by atoms with Crippen molar-refractivity contribution in [3.8, 4) is 0 Å². The quantitative estimate of drug-likeness (QED) is 0.488. The van der Waals surface area contributed by atoms with Crippen LogP contribution >= 0.6 is 0 Å². The number of carbonyl (C=O) groups is 5. The van der Waals surface area contributed by atoms with Gasteiger partial charge in [0.05, 0.1) is 12.5 Å². The van der Waals surface area contributed by atoms with Gasteiger partial charge in [-0.2, -0.15) is 13.2 Å². The maximum atomic E-state index is 12.9. The second-order valence-corrected chi connectivity index (χ2v) is 9.36. The van der Waals surface area contributed by atoms with E-state index in [1.54, 1.807) is 0 Å². The Bertz CT molecular complexity index is 1070. The Kier molecular flexibility index (Phi) is 8.05. The summed E-state index contributed by atoms with van der Waals surface area (Å²) < 4.78 is 38.6. The maximum Gasteiger partial charge on any atom is 0.391 e. The van der Waals surface area contributed by atoms with Crippen molar-refractivity contribution < 1.29 is 42.3 Å². The Morgan fingerprint density at radius 2 is 1.81 bits per heavy atom. The molecule has 12 heteroatoms. The van der Waals surface area contributed by atoms with Crippen molar-refractivity contribution in [2.45, 2.75) is 57.3 Å². The number of aliphatic carboxylic acids is 1. The summed E-state index contributed by atoms with van der Waals surface area (Å²) in [7, 11) is 1.43. The molecule has 1 fully saturated rings. The van der Waals surface area contributed by atoms with E-state index < -0.39 is 47.6 Å². The first-order valence-electron chi connectivity index (χ1n) is 11.6. The first-order valence-corrected chi connectivity index (χ1v) is 11.6. The van der Waals surface area contributed by atoms with Crippen LogP contribution in [0, 0.1) is 11.8 Å². The standard InChI is InChI=1S/C24H28F3N3O6/c1-29(22(35)13-2-5-16(6-3-13)24(25,26)27)12-19(31)14-4-7-17-15(10-14)11-30(23(17)36)18(21(28)34)8-9-20(32)33/h4,7,10,13,16,18H,2-3,5-6,8-9,11-12H2,1H3,(H2,28,34)(H,32,33). The number of primary amides is 1. The monoisotopic (exact) mass is 511 g/mol. The fourth-order valence-corrected chi connectivity index (χ4v) is 4.84. The number of halogens is 3. The molecule has 1 aliphatic carbocycles. The van der Waals surface area contributed by atoms with E-state index in [2.05, 4.69) is 0 Å². The fourth-order valence-electron chi connectivity index (χ4n) is 4.84. The normalized spacial score (nSPS) is 20.6. The van der Waals surface area contributed by atoms with Gasteiger partial charge in [0, 0.05) is 37.1 Å². The third kappa shape index (κ3) is 6.03. The highest BCUT2D eigenvalue weighted by molar-refractivity contribution is 6.04. The van der Waals surface area contributed by atoms with E-state index in [-0.39, 0.29) is 68.6 Å². The molecule has 0 spiro atoms. The van der Waals surface area contributed by atoms with Crippen LogP contribution in [0.25, 0.3) is 0 Å². The lowest BCUT2D eigenvalue weighted by Crippen LogP contribution is -2.45. The summed E-state index contributed by atoms with van der Waals surface area (Å²) in [5.41, 5.74) is 6.33. The zero-order chi connectivity index (χ0) is 26.8. The third-order valence-electron chi connectivity index (χ3n) is 6.89. The van der Waals surface area contributed by atoms with E-state index in [0.29, 0.717) is 5.56 Å². The van der Waals surface area contributed by atoms with Crippen LogP contribution in [0.3, 0.4) is 0 Å². The van der Waals surface area contributed by atoms with E-state index in [9.17, 15) is 37.1 Å². The molecule has 1 atom stereocenters. The lowest BCUT2D eigenvalue weighted by Gasteiger charge is -2.31. The number of rotatable bonds is 9. The smallest absolute Gasteiger partial charge is 0.391 e. The number of carboxylic acid groups (broad SMARTS) is 1. The first-order chi connectivity index (χ1) is 16.8. The fraction of sp³-hybridized carbons (Fsp3) is 0.542. The molecule has 9 nitrogen and oxygen atoms in total. The van der Waals surface area contributed by atoms with Gasteiger partial charge in [-0.25, -0.2) is 0 Å². The number of benzene rings is 1. The van der Waals surface area contributed by atoms with E-state index in [1.807, 2.05) is 0 Å². The summed E-state index contributed by atoms with van der Waals surface area (Å²) in [6.07, 6.45) is -4.77. The predicted molar refractivity (Wildman–Crippen MR) is 120 cm³/mol. The number of carbonyl (C=O) groups excluding carboxylic acids is 4. The Morgan fingerprint density at radius 3 is 2.36 bits per heavy atom. The Hall–Kier alpha value is -3.44. The van der Waals surface area contributed by atoms with Gasteiger partial charge in [-0.3, -0.25) is 24.0 Å². The van der Waals surface area contributed by atoms with Gasteiger partial charge in [0.1, 0.15) is 6.04 Å². The Labute approximate surface area is 205 Å². The summed E-state index contributed by atoms with van der Waals surface area (Å²) >= 11 is 0. The highest BCUT2D eigenvalue weighted by Gasteiger charge is 2.43. The molecule has 3 N–H and O–H groups in total. The minimum absolute atomic E-state index is 0.0280. The van der Waals surface area contributed by atoms with Crippen LogP contribution in [0.15, 0.2) is 18.2 Å². The van der Waals surface area contributed by atoms with Crippen molar-refractivity contribution in [1.29, 1.82) is 0 Å². The SMILES string of the molecule is CN(CC(=O)c1ccc2c(c1)CN(C(CCC(=O)O)C(N)=O)C2=O)C(=O)C1CCC(C(F)(F)F)CC1. The number of nitrogens with zero attached hydrogens (tertiary/aromatic N) is 2. The van der Waals surface area contributed by atoms with Crippen LogP contribution in [-0.2, 0) is 20.9 Å². The van der Waals surface area contributed by atoms with Crippen molar-refractivity contribution in [1.82, 2.24) is 9.80 Å². The molecule has 0 aromatic heterocycles. The highest BCUT2D eigenvalue weighted by atomic mass is 19.4. The van der Waals surface area contributed by atoms with Gasteiger partial charge in [-0.1, -0.05) is 6.07 Å². The van der Waals surface area contributed by atoms with Gasteiger partial charge >= 0.3 is 12.1 Å².